The molecule has 0 unspecified atom stereocenters. The highest BCUT2D eigenvalue weighted by molar-refractivity contribution is 7.89. The highest BCUT2D eigenvalue weighted by Crippen LogP contribution is 2.26. The van der Waals surface area contributed by atoms with E-state index in [-0.39, 0.29) is 36.5 Å². The normalized spacial score (nSPS) is 14.6. The summed E-state index contributed by atoms with van der Waals surface area (Å²) in [6, 6.07) is 18.5. The number of carbonyl (C=O) groups excluding carboxylic acids is 1. The van der Waals surface area contributed by atoms with Crippen LogP contribution in [0.25, 0.3) is 0 Å². The Morgan fingerprint density at radius 2 is 1.74 bits per heavy atom. The van der Waals surface area contributed by atoms with Crippen molar-refractivity contribution in [2.75, 3.05) is 26.8 Å². The summed E-state index contributed by atoms with van der Waals surface area (Å²) in [6.45, 7) is 2.97. The van der Waals surface area contributed by atoms with Crippen molar-refractivity contribution >= 4 is 27.5 Å². The smallest absolute Gasteiger partial charge is 0.243 e. The van der Waals surface area contributed by atoms with Crippen molar-refractivity contribution in [1.29, 1.82) is 0 Å². The highest BCUT2D eigenvalue weighted by atomic mass is 35.5. The molecule has 1 heterocycles. The van der Waals surface area contributed by atoms with Gasteiger partial charge in [-0.05, 0) is 55.7 Å². The lowest BCUT2D eigenvalue weighted by molar-refractivity contribution is -0.135. The SMILES string of the molecule is COCCN(CC(=O)N(Cc1cccn1Cc1ccccc1Cl)C1CCCCC1)S(=O)(=O)c1ccc(C)cc1. The Morgan fingerprint density at radius 1 is 1.03 bits per heavy atom. The fourth-order valence-electron chi connectivity index (χ4n) is 5.12. The molecule has 0 saturated heterocycles. The second-order valence-corrected chi connectivity index (χ2v) is 12.5. The molecule has 3 aromatic rings. The number of amides is 1. The number of carbonyl (C=O) groups is 1. The number of aryl methyl sites for hydroxylation is 1. The van der Waals surface area contributed by atoms with Crippen LogP contribution in [0.2, 0.25) is 5.02 Å². The molecular formula is C30H38ClN3O4S. The molecule has 9 heteroatoms. The van der Waals surface area contributed by atoms with Crippen LogP contribution in [-0.2, 0) is 32.6 Å². The van der Waals surface area contributed by atoms with Crippen molar-refractivity contribution in [3.8, 4) is 0 Å². The maximum Gasteiger partial charge on any atom is 0.243 e. The van der Waals surface area contributed by atoms with E-state index in [1.807, 2.05) is 54.4 Å². The zero-order valence-corrected chi connectivity index (χ0v) is 24.3. The van der Waals surface area contributed by atoms with E-state index in [4.69, 9.17) is 16.3 Å². The van der Waals surface area contributed by atoms with Crippen LogP contribution in [0, 0.1) is 6.92 Å². The van der Waals surface area contributed by atoms with E-state index >= 15 is 0 Å². The fraction of sp³-hybridized carbons (Fsp3) is 0.433. The second-order valence-electron chi connectivity index (χ2n) is 10.2. The molecule has 0 atom stereocenters. The molecule has 1 saturated carbocycles. The number of ether oxygens (including phenoxy) is 1. The largest absolute Gasteiger partial charge is 0.383 e. The number of sulfonamides is 1. The van der Waals surface area contributed by atoms with Gasteiger partial charge in [0, 0.05) is 43.2 Å². The molecule has 0 N–H and O–H groups in total. The molecule has 1 aliphatic rings. The van der Waals surface area contributed by atoms with Crippen LogP contribution in [0.4, 0.5) is 0 Å². The fourth-order valence-corrected chi connectivity index (χ4v) is 6.69. The first-order valence-corrected chi connectivity index (χ1v) is 15.3. The first kappa shape index (κ1) is 29.3. The van der Waals surface area contributed by atoms with Crippen molar-refractivity contribution in [2.45, 2.75) is 63.1 Å². The van der Waals surface area contributed by atoms with Gasteiger partial charge in [0.05, 0.1) is 24.6 Å². The molecule has 1 fully saturated rings. The molecule has 0 aliphatic heterocycles. The van der Waals surface area contributed by atoms with Crippen molar-refractivity contribution < 1.29 is 17.9 Å². The quantitative estimate of drug-likeness (QED) is 0.288. The van der Waals surface area contributed by atoms with Gasteiger partial charge in [0.2, 0.25) is 15.9 Å². The maximum absolute atomic E-state index is 13.9. The van der Waals surface area contributed by atoms with E-state index in [0.29, 0.717) is 18.1 Å². The van der Waals surface area contributed by atoms with Gasteiger partial charge < -0.3 is 14.2 Å². The molecule has 0 bridgehead atoms. The zero-order chi connectivity index (χ0) is 27.8. The lowest BCUT2D eigenvalue weighted by atomic mass is 9.94. The predicted octanol–water partition coefficient (Wildman–Crippen LogP) is 5.50. The van der Waals surface area contributed by atoms with Crippen LogP contribution in [0.5, 0.6) is 0 Å². The summed E-state index contributed by atoms with van der Waals surface area (Å²) in [5.41, 5.74) is 2.96. The average molecular weight is 572 g/mol. The number of rotatable bonds is 12. The third-order valence-electron chi connectivity index (χ3n) is 7.41. The zero-order valence-electron chi connectivity index (χ0n) is 22.8. The molecule has 2 aromatic carbocycles. The van der Waals surface area contributed by atoms with Crippen LogP contribution in [0.3, 0.4) is 0 Å². The minimum Gasteiger partial charge on any atom is -0.383 e. The van der Waals surface area contributed by atoms with Crippen LogP contribution < -0.4 is 0 Å². The summed E-state index contributed by atoms with van der Waals surface area (Å²) < 4.78 is 35.7. The number of aromatic nitrogens is 1. The minimum atomic E-state index is -3.88. The number of methoxy groups -OCH3 is 1. The summed E-state index contributed by atoms with van der Waals surface area (Å²) in [4.78, 5) is 16.0. The molecule has 1 amide bonds. The Bertz CT molecular complexity index is 1330. The average Bonchev–Trinajstić information content (AvgIpc) is 3.38. The number of nitrogens with zero attached hydrogens (tertiary/aromatic N) is 3. The highest BCUT2D eigenvalue weighted by Gasteiger charge is 2.32. The van der Waals surface area contributed by atoms with Crippen molar-refractivity contribution in [2.24, 2.45) is 0 Å². The van der Waals surface area contributed by atoms with Crippen molar-refractivity contribution in [3.05, 3.63) is 88.7 Å². The van der Waals surface area contributed by atoms with Crippen LogP contribution in [0.15, 0.2) is 71.8 Å². The van der Waals surface area contributed by atoms with Crippen molar-refractivity contribution in [1.82, 2.24) is 13.8 Å². The molecule has 7 nitrogen and oxygen atoms in total. The Morgan fingerprint density at radius 3 is 2.44 bits per heavy atom. The number of benzene rings is 2. The Kier molecular flexibility index (Phi) is 10.2. The molecular weight excluding hydrogens is 534 g/mol. The number of hydrogen-bond donors (Lipinski definition) is 0. The molecule has 210 valence electrons. The first-order valence-electron chi connectivity index (χ1n) is 13.5. The molecule has 0 spiro atoms. The van der Waals surface area contributed by atoms with Crippen LogP contribution in [0.1, 0.15) is 48.9 Å². The lowest BCUT2D eigenvalue weighted by Gasteiger charge is -2.36. The molecule has 1 aromatic heterocycles. The standard InChI is InChI=1S/C30H38ClN3O4S/c1-24-14-16-28(17-15-24)39(36,37)33(19-20-38-2)23-30(35)34(26-10-4-3-5-11-26)22-27-12-8-18-32(27)21-25-9-6-7-13-29(25)31/h6-9,12-18,26H,3-5,10-11,19-23H2,1-2H3. The van der Waals surface area contributed by atoms with Crippen LogP contribution in [-0.4, -0.2) is 60.9 Å². The van der Waals surface area contributed by atoms with Crippen LogP contribution >= 0.6 is 11.6 Å². The summed E-state index contributed by atoms with van der Waals surface area (Å²) in [6.07, 6.45) is 7.10. The topological polar surface area (TPSA) is 71.8 Å². The van der Waals surface area contributed by atoms with Gasteiger partial charge in [-0.1, -0.05) is 66.8 Å². The minimum absolute atomic E-state index is 0.0706. The third kappa shape index (κ3) is 7.51. The van der Waals surface area contributed by atoms with Gasteiger partial charge in [0.15, 0.2) is 0 Å². The van der Waals surface area contributed by atoms with Crippen molar-refractivity contribution in [3.63, 3.8) is 0 Å². The van der Waals surface area contributed by atoms with Gasteiger partial charge in [-0.15, -0.1) is 0 Å². The Hall–Kier alpha value is -2.65. The monoisotopic (exact) mass is 571 g/mol. The van der Waals surface area contributed by atoms with Gasteiger partial charge in [-0.3, -0.25) is 4.79 Å². The van der Waals surface area contributed by atoms with E-state index in [0.717, 1.165) is 48.9 Å². The van der Waals surface area contributed by atoms with E-state index in [2.05, 4.69) is 4.57 Å². The molecule has 0 radical (unpaired) electrons. The lowest BCUT2D eigenvalue weighted by Crippen LogP contribution is -2.48. The number of hydrogen-bond acceptors (Lipinski definition) is 4. The maximum atomic E-state index is 13.9. The summed E-state index contributed by atoms with van der Waals surface area (Å²) in [5, 5.41) is 0.701. The molecule has 1 aliphatic carbocycles. The van der Waals surface area contributed by atoms with Gasteiger partial charge in [-0.25, -0.2) is 8.42 Å². The van der Waals surface area contributed by atoms with Gasteiger partial charge in [-0.2, -0.15) is 4.31 Å². The van der Waals surface area contributed by atoms with E-state index in [9.17, 15) is 13.2 Å². The van der Waals surface area contributed by atoms with E-state index in [1.165, 1.54) is 11.4 Å². The van der Waals surface area contributed by atoms with E-state index < -0.39 is 10.0 Å². The summed E-state index contributed by atoms with van der Waals surface area (Å²) in [5.74, 6) is -0.195. The van der Waals surface area contributed by atoms with Gasteiger partial charge in [0.1, 0.15) is 0 Å². The molecule has 39 heavy (non-hydrogen) atoms. The Labute approximate surface area is 237 Å². The van der Waals surface area contributed by atoms with Gasteiger partial charge >= 0.3 is 0 Å². The molecule has 4 rings (SSSR count). The number of halogens is 1. The summed E-state index contributed by atoms with van der Waals surface area (Å²) >= 11 is 6.42. The summed E-state index contributed by atoms with van der Waals surface area (Å²) in [7, 11) is -2.35. The predicted molar refractivity (Wildman–Crippen MR) is 154 cm³/mol. The first-order chi connectivity index (χ1) is 18.8. The Balaban J connectivity index is 1.59. The van der Waals surface area contributed by atoms with E-state index in [1.54, 1.807) is 24.3 Å². The second kappa shape index (κ2) is 13.6. The third-order valence-corrected chi connectivity index (χ3v) is 9.63. The van der Waals surface area contributed by atoms with Gasteiger partial charge in [0.25, 0.3) is 0 Å².